The highest BCUT2D eigenvalue weighted by atomic mass is 32.1. The molecule has 0 unspecified atom stereocenters. The highest BCUT2D eigenvalue weighted by Gasteiger charge is 2.16. The van der Waals surface area contributed by atoms with Gasteiger partial charge in [0.2, 0.25) is 0 Å². The summed E-state index contributed by atoms with van der Waals surface area (Å²) >= 11 is 6.20. The lowest BCUT2D eigenvalue weighted by Gasteiger charge is -2.04. The van der Waals surface area contributed by atoms with Crippen LogP contribution in [0.25, 0.3) is 16.7 Å². The molecule has 0 bridgehead atoms. The quantitative estimate of drug-likeness (QED) is 0.511. The van der Waals surface area contributed by atoms with Crippen LogP contribution in [-0.4, -0.2) is 7.85 Å². The van der Waals surface area contributed by atoms with E-state index in [1.54, 1.807) is 0 Å². The summed E-state index contributed by atoms with van der Waals surface area (Å²) in [5, 5.41) is 0. The minimum Gasteiger partial charge on any atom is -0.471 e. The third-order valence-electron chi connectivity index (χ3n) is 3.12. The number of thiophene rings is 1. The first-order chi connectivity index (χ1) is 9.42. The lowest BCUT2D eigenvalue weighted by Crippen LogP contribution is -1.93. The molecule has 2 rings (SSSR count). The van der Waals surface area contributed by atoms with Gasteiger partial charge < -0.3 is 4.42 Å². The molecule has 2 heterocycles. The summed E-state index contributed by atoms with van der Waals surface area (Å²) in [6, 6.07) is 4.35. The summed E-state index contributed by atoms with van der Waals surface area (Å²) < 4.78 is 5.95. The van der Waals surface area contributed by atoms with Crippen molar-refractivity contribution in [3.63, 3.8) is 0 Å². The smallest absolute Gasteiger partial charge is 0.186 e. The van der Waals surface area contributed by atoms with Crippen molar-refractivity contribution in [2.45, 2.75) is 27.7 Å². The Morgan fingerprint density at radius 1 is 1.30 bits per heavy atom. The second-order valence-electron chi connectivity index (χ2n) is 4.96. The van der Waals surface area contributed by atoms with E-state index in [9.17, 15) is 0 Å². The van der Waals surface area contributed by atoms with E-state index in [1.807, 2.05) is 39.1 Å². The molecule has 0 amide bonds. The normalized spacial score (nSPS) is 13.1. The summed E-state index contributed by atoms with van der Waals surface area (Å²) in [7, 11) is 1.99. The van der Waals surface area contributed by atoms with Crippen LogP contribution in [0, 0.1) is 13.8 Å². The van der Waals surface area contributed by atoms with E-state index >= 15 is 0 Å². The summed E-state index contributed by atoms with van der Waals surface area (Å²) in [4.78, 5) is 3.62. The molecule has 0 saturated carbocycles. The van der Waals surface area contributed by atoms with Gasteiger partial charge in [0.1, 0.15) is 5.76 Å². The fourth-order valence-corrected chi connectivity index (χ4v) is 3.41. The Labute approximate surface area is 131 Å². The van der Waals surface area contributed by atoms with Crippen molar-refractivity contribution in [1.82, 2.24) is 0 Å². The standard InChI is InChI=1S/C16H19BOS2/c1-5-12(6-9(2)19)16-14(8-15(17)18-16)13-7-10(3)20-11(13)4/h5-8,19H,17H2,1-4H3/b9-6-,12-5-. The van der Waals surface area contributed by atoms with Crippen LogP contribution >= 0.6 is 24.0 Å². The Morgan fingerprint density at radius 2 is 2.00 bits per heavy atom. The molecule has 0 aliphatic heterocycles. The van der Waals surface area contributed by atoms with Crippen molar-refractivity contribution in [1.29, 1.82) is 0 Å². The van der Waals surface area contributed by atoms with Gasteiger partial charge in [-0.3, -0.25) is 0 Å². The molecule has 4 heteroatoms. The van der Waals surface area contributed by atoms with Crippen LogP contribution < -0.4 is 5.66 Å². The molecule has 0 aliphatic carbocycles. The minimum atomic E-state index is 0.930. The first-order valence-electron chi connectivity index (χ1n) is 6.64. The third-order valence-corrected chi connectivity index (χ3v) is 4.22. The van der Waals surface area contributed by atoms with Crippen LogP contribution in [-0.2, 0) is 0 Å². The summed E-state index contributed by atoms with van der Waals surface area (Å²) in [6.07, 6.45) is 4.11. The van der Waals surface area contributed by atoms with Gasteiger partial charge in [-0.1, -0.05) is 6.08 Å². The van der Waals surface area contributed by atoms with Gasteiger partial charge in [-0.25, -0.2) is 0 Å². The average molecular weight is 302 g/mol. The number of hydrogen-bond donors (Lipinski definition) is 1. The lowest BCUT2D eigenvalue weighted by atomic mass is 9.99. The summed E-state index contributed by atoms with van der Waals surface area (Å²) in [6.45, 7) is 8.30. The minimum absolute atomic E-state index is 0.930. The van der Waals surface area contributed by atoms with E-state index in [-0.39, 0.29) is 0 Å². The first-order valence-corrected chi connectivity index (χ1v) is 7.90. The molecule has 0 spiro atoms. The molecule has 2 aromatic heterocycles. The van der Waals surface area contributed by atoms with Crippen molar-refractivity contribution >= 4 is 43.0 Å². The Kier molecular flexibility index (Phi) is 4.66. The fourth-order valence-electron chi connectivity index (χ4n) is 2.33. The molecule has 2 aromatic rings. The van der Waals surface area contributed by atoms with E-state index in [0.717, 1.165) is 21.9 Å². The lowest BCUT2D eigenvalue weighted by molar-refractivity contribution is 0.588. The Balaban J connectivity index is 2.62. The van der Waals surface area contributed by atoms with E-state index in [0.29, 0.717) is 0 Å². The SMILES string of the molecule is Bc1cc(-c2cc(C)sc2C)c(C(/C=C(/C)S)=C\C)o1. The van der Waals surface area contributed by atoms with E-state index in [2.05, 4.69) is 44.7 Å². The second-order valence-corrected chi connectivity index (χ2v) is 7.12. The Morgan fingerprint density at radius 3 is 2.50 bits per heavy atom. The van der Waals surface area contributed by atoms with Crippen LogP contribution in [0.5, 0.6) is 0 Å². The maximum absolute atomic E-state index is 5.95. The van der Waals surface area contributed by atoms with Crippen molar-refractivity contribution in [2.24, 2.45) is 0 Å². The van der Waals surface area contributed by atoms with Gasteiger partial charge in [0, 0.05) is 20.9 Å². The zero-order valence-corrected chi connectivity index (χ0v) is 14.3. The third kappa shape index (κ3) is 3.13. The number of aryl methyl sites for hydroxylation is 2. The molecule has 104 valence electrons. The Hall–Kier alpha value is -1.13. The molecule has 0 radical (unpaired) electrons. The van der Waals surface area contributed by atoms with Crippen LogP contribution in [0.1, 0.15) is 29.4 Å². The molecule has 0 atom stereocenters. The largest absolute Gasteiger partial charge is 0.471 e. The number of rotatable bonds is 3. The number of thiol groups is 1. The molecule has 0 aliphatic rings. The highest BCUT2D eigenvalue weighted by molar-refractivity contribution is 7.84. The van der Waals surface area contributed by atoms with Crippen molar-refractivity contribution in [2.75, 3.05) is 0 Å². The van der Waals surface area contributed by atoms with Gasteiger partial charge in [-0.05, 0) is 56.4 Å². The second kappa shape index (κ2) is 6.11. The van der Waals surface area contributed by atoms with Gasteiger partial charge in [-0.15, -0.1) is 24.0 Å². The zero-order chi connectivity index (χ0) is 14.9. The topological polar surface area (TPSA) is 13.1 Å². The van der Waals surface area contributed by atoms with E-state index in [4.69, 9.17) is 4.42 Å². The van der Waals surface area contributed by atoms with Gasteiger partial charge >= 0.3 is 0 Å². The van der Waals surface area contributed by atoms with Crippen LogP contribution in [0.2, 0.25) is 0 Å². The summed E-state index contributed by atoms with van der Waals surface area (Å²) in [5.41, 5.74) is 4.44. The summed E-state index contributed by atoms with van der Waals surface area (Å²) in [5.74, 6) is 0.930. The molecule has 0 N–H and O–H groups in total. The maximum Gasteiger partial charge on any atom is 0.186 e. The fraction of sp³-hybridized carbons (Fsp3) is 0.250. The van der Waals surface area contributed by atoms with Gasteiger partial charge in [0.15, 0.2) is 7.85 Å². The molecular formula is C16H19BOS2. The highest BCUT2D eigenvalue weighted by Crippen LogP contribution is 2.36. The molecule has 0 fully saturated rings. The molecule has 20 heavy (non-hydrogen) atoms. The predicted octanol–water partition coefficient (Wildman–Crippen LogP) is 4.12. The number of furan rings is 1. The predicted molar refractivity (Wildman–Crippen MR) is 96.1 cm³/mol. The van der Waals surface area contributed by atoms with Crippen LogP contribution in [0.3, 0.4) is 0 Å². The van der Waals surface area contributed by atoms with E-state index in [1.165, 1.54) is 20.9 Å². The first kappa shape index (κ1) is 15.3. The van der Waals surface area contributed by atoms with Crippen LogP contribution in [0.4, 0.5) is 0 Å². The van der Waals surface area contributed by atoms with Gasteiger partial charge in [-0.2, -0.15) is 0 Å². The average Bonchev–Trinajstić information content (AvgIpc) is 2.88. The van der Waals surface area contributed by atoms with Crippen molar-refractivity contribution < 1.29 is 4.42 Å². The van der Waals surface area contributed by atoms with Gasteiger partial charge in [0.25, 0.3) is 0 Å². The molecule has 0 aromatic carbocycles. The van der Waals surface area contributed by atoms with Crippen LogP contribution in [0.15, 0.2) is 33.6 Å². The Bertz CT molecular complexity index is 685. The van der Waals surface area contributed by atoms with E-state index < -0.39 is 0 Å². The number of hydrogen-bond acceptors (Lipinski definition) is 3. The molecule has 0 saturated heterocycles. The molecule has 1 nitrogen and oxygen atoms in total. The van der Waals surface area contributed by atoms with Crippen molar-refractivity contribution in [3.8, 4) is 11.1 Å². The maximum atomic E-state index is 5.95. The molecular weight excluding hydrogens is 283 g/mol. The monoisotopic (exact) mass is 302 g/mol. The van der Waals surface area contributed by atoms with Crippen molar-refractivity contribution in [3.05, 3.63) is 44.7 Å². The number of allylic oxidation sites excluding steroid dienone is 4. The van der Waals surface area contributed by atoms with Gasteiger partial charge in [0.05, 0.1) is 5.66 Å². The zero-order valence-electron chi connectivity index (χ0n) is 12.6.